The summed E-state index contributed by atoms with van der Waals surface area (Å²) in [6.07, 6.45) is 0.749. The number of H-pyrrole nitrogens is 1. The number of nitrogens with one attached hydrogen (secondary N) is 1. The van der Waals surface area contributed by atoms with E-state index < -0.39 is 0 Å². The Morgan fingerprint density at radius 1 is 1.40 bits per heavy atom. The van der Waals surface area contributed by atoms with Crippen molar-refractivity contribution in [2.45, 2.75) is 19.4 Å². The molecule has 0 aliphatic rings. The van der Waals surface area contributed by atoms with Crippen molar-refractivity contribution >= 4 is 34.1 Å². The van der Waals surface area contributed by atoms with Crippen molar-refractivity contribution in [3.8, 4) is 0 Å². The third-order valence-corrected chi connectivity index (χ3v) is 3.00. The zero-order valence-electron chi connectivity index (χ0n) is 8.35. The molecule has 80 valence electrons. The molecule has 0 saturated heterocycles. The Labute approximate surface area is 98.4 Å². The van der Waals surface area contributed by atoms with Crippen LogP contribution < -0.4 is 5.73 Å². The van der Waals surface area contributed by atoms with E-state index >= 15 is 0 Å². The first-order chi connectivity index (χ1) is 7.09. The van der Waals surface area contributed by atoms with Gasteiger partial charge in [-0.1, -0.05) is 35.3 Å². The predicted octanol–water partition coefficient (Wildman–Crippen LogP) is 3.36. The second-order valence-corrected chi connectivity index (χ2v) is 4.55. The van der Waals surface area contributed by atoms with Crippen LogP contribution in [-0.2, 0) is 6.42 Å². The molecule has 0 bridgehead atoms. The summed E-state index contributed by atoms with van der Waals surface area (Å²) in [6.45, 7) is 1.96. The summed E-state index contributed by atoms with van der Waals surface area (Å²) < 4.78 is 0. The van der Waals surface area contributed by atoms with E-state index in [1.165, 1.54) is 0 Å². The third kappa shape index (κ3) is 1.98. The first-order valence-electron chi connectivity index (χ1n) is 4.79. The van der Waals surface area contributed by atoms with Crippen molar-refractivity contribution in [1.82, 2.24) is 4.98 Å². The first-order valence-corrected chi connectivity index (χ1v) is 5.55. The second kappa shape index (κ2) is 4.05. The molecule has 2 rings (SSSR count). The van der Waals surface area contributed by atoms with Gasteiger partial charge in [-0.15, -0.1) is 0 Å². The number of fused-ring (bicyclic) bond motifs is 1. The van der Waals surface area contributed by atoms with Gasteiger partial charge in [-0.2, -0.15) is 0 Å². The van der Waals surface area contributed by atoms with Crippen molar-refractivity contribution in [2.24, 2.45) is 5.73 Å². The molecule has 0 saturated carbocycles. The van der Waals surface area contributed by atoms with Crippen LogP contribution in [0.4, 0.5) is 0 Å². The minimum absolute atomic E-state index is 0.0838. The Kier molecular flexibility index (Phi) is 2.91. The van der Waals surface area contributed by atoms with Gasteiger partial charge in [-0.3, -0.25) is 0 Å². The molecule has 2 aromatic rings. The fraction of sp³-hybridized carbons (Fsp3) is 0.273. The van der Waals surface area contributed by atoms with Crippen LogP contribution in [0.5, 0.6) is 0 Å². The summed E-state index contributed by atoms with van der Waals surface area (Å²) >= 11 is 12.2. The molecule has 1 aromatic carbocycles. The molecule has 1 atom stereocenters. The molecule has 0 fully saturated rings. The molecule has 3 N–H and O–H groups in total. The number of para-hydroxylation sites is 1. The molecule has 0 amide bonds. The predicted molar refractivity (Wildman–Crippen MR) is 65.7 cm³/mol. The highest BCUT2D eigenvalue weighted by molar-refractivity contribution is 6.37. The average molecular weight is 243 g/mol. The van der Waals surface area contributed by atoms with Crippen LogP contribution in [0.1, 0.15) is 12.5 Å². The van der Waals surface area contributed by atoms with E-state index in [0.29, 0.717) is 10.2 Å². The number of hydrogen-bond donors (Lipinski definition) is 2. The maximum atomic E-state index is 6.11. The smallest absolute Gasteiger partial charge is 0.110 e. The van der Waals surface area contributed by atoms with Crippen LogP contribution in [0.15, 0.2) is 18.2 Å². The molecule has 15 heavy (non-hydrogen) atoms. The summed E-state index contributed by atoms with van der Waals surface area (Å²) in [5.41, 5.74) is 7.71. The molecule has 0 aliphatic carbocycles. The number of nitrogens with two attached hydrogens (primary N) is 1. The van der Waals surface area contributed by atoms with E-state index in [1.54, 1.807) is 0 Å². The number of aromatic nitrogens is 1. The molecule has 0 radical (unpaired) electrons. The van der Waals surface area contributed by atoms with Crippen molar-refractivity contribution < 1.29 is 0 Å². The quantitative estimate of drug-likeness (QED) is 0.834. The average Bonchev–Trinajstić information content (AvgIpc) is 2.45. The van der Waals surface area contributed by atoms with Gasteiger partial charge in [0, 0.05) is 11.4 Å². The highest BCUT2D eigenvalue weighted by atomic mass is 35.5. The Bertz CT molecular complexity index is 489. The summed E-state index contributed by atoms with van der Waals surface area (Å²) in [6, 6.07) is 5.84. The van der Waals surface area contributed by atoms with Gasteiger partial charge in [0.25, 0.3) is 0 Å². The van der Waals surface area contributed by atoms with Gasteiger partial charge in [0.1, 0.15) is 5.15 Å². The zero-order valence-corrected chi connectivity index (χ0v) is 9.86. The van der Waals surface area contributed by atoms with Crippen molar-refractivity contribution in [2.75, 3.05) is 0 Å². The number of aromatic amines is 1. The fourth-order valence-electron chi connectivity index (χ4n) is 1.73. The van der Waals surface area contributed by atoms with Crippen LogP contribution in [0.3, 0.4) is 0 Å². The lowest BCUT2D eigenvalue weighted by Crippen LogP contribution is -2.17. The van der Waals surface area contributed by atoms with Crippen LogP contribution in [0.2, 0.25) is 10.2 Å². The van der Waals surface area contributed by atoms with Gasteiger partial charge in [0.05, 0.1) is 10.5 Å². The number of rotatable bonds is 2. The molecule has 1 heterocycles. The lowest BCUT2D eigenvalue weighted by Gasteiger charge is -2.04. The lowest BCUT2D eigenvalue weighted by atomic mass is 10.1. The summed E-state index contributed by atoms with van der Waals surface area (Å²) in [4.78, 5) is 3.08. The van der Waals surface area contributed by atoms with Gasteiger partial charge in [0.15, 0.2) is 0 Å². The van der Waals surface area contributed by atoms with E-state index in [1.807, 2.05) is 25.1 Å². The molecular formula is C11H12Cl2N2. The number of hydrogen-bond acceptors (Lipinski definition) is 1. The van der Waals surface area contributed by atoms with Gasteiger partial charge in [-0.05, 0) is 25.0 Å². The molecular weight excluding hydrogens is 231 g/mol. The molecule has 4 heteroatoms. The van der Waals surface area contributed by atoms with E-state index in [-0.39, 0.29) is 6.04 Å². The van der Waals surface area contributed by atoms with Crippen LogP contribution in [-0.4, -0.2) is 11.0 Å². The Hall–Kier alpha value is -0.700. The molecule has 2 nitrogen and oxygen atoms in total. The largest absolute Gasteiger partial charge is 0.344 e. The fourth-order valence-corrected chi connectivity index (χ4v) is 2.22. The van der Waals surface area contributed by atoms with Gasteiger partial charge < -0.3 is 10.7 Å². The number of benzene rings is 1. The van der Waals surface area contributed by atoms with Gasteiger partial charge in [-0.25, -0.2) is 0 Å². The van der Waals surface area contributed by atoms with E-state index in [4.69, 9.17) is 28.9 Å². The molecule has 0 spiro atoms. The number of halogens is 2. The highest BCUT2D eigenvalue weighted by Gasteiger charge is 2.12. The Morgan fingerprint density at radius 3 is 2.80 bits per heavy atom. The van der Waals surface area contributed by atoms with E-state index in [0.717, 1.165) is 22.9 Å². The monoisotopic (exact) mass is 242 g/mol. The van der Waals surface area contributed by atoms with Crippen molar-refractivity contribution in [3.63, 3.8) is 0 Å². The zero-order chi connectivity index (χ0) is 11.0. The SMILES string of the molecule is CC(N)Cc1c(Cl)[nH]c2c(Cl)cccc12. The third-order valence-electron chi connectivity index (χ3n) is 2.36. The summed E-state index contributed by atoms with van der Waals surface area (Å²) in [5, 5.41) is 2.38. The highest BCUT2D eigenvalue weighted by Crippen LogP contribution is 2.31. The normalized spacial score (nSPS) is 13.3. The summed E-state index contributed by atoms with van der Waals surface area (Å²) in [7, 11) is 0. The first kappa shape index (κ1) is 10.8. The second-order valence-electron chi connectivity index (χ2n) is 3.76. The molecule has 1 unspecified atom stereocenters. The molecule has 0 aliphatic heterocycles. The lowest BCUT2D eigenvalue weighted by molar-refractivity contribution is 0.741. The van der Waals surface area contributed by atoms with Gasteiger partial charge in [0.2, 0.25) is 0 Å². The molecule has 1 aromatic heterocycles. The maximum Gasteiger partial charge on any atom is 0.110 e. The van der Waals surface area contributed by atoms with Crippen LogP contribution in [0, 0.1) is 0 Å². The Morgan fingerprint density at radius 2 is 2.13 bits per heavy atom. The van der Waals surface area contributed by atoms with Crippen molar-refractivity contribution in [1.29, 1.82) is 0 Å². The van der Waals surface area contributed by atoms with E-state index in [9.17, 15) is 0 Å². The Balaban J connectivity index is 2.63. The minimum Gasteiger partial charge on any atom is -0.344 e. The van der Waals surface area contributed by atoms with Crippen LogP contribution >= 0.6 is 23.2 Å². The minimum atomic E-state index is 0.0838. The maximum absolute atomic E-state index is 6.11. The van der Waals surface area contributed by atoms with Crippen molar-refractivity contribution in [3.05, 3.63) is 33.9 Å². The summed E-state index contributed by atoms with van der Waals surface area (Å²) in [5.74, 6) is 0. The van der Waals surface area contributed by atoms with Gasteiger partial charge >= 0.3 is 0 Å². The van der Waals surface area contributed by atoms with Crippen LogP contribution in [0.25, 0.3) is 10.9 Å². The van der Waals surface area contributed by atoms with E-state index in [2.05, 4.69) is 4.98 Å². The topological polar surface area (TPSA) is 41.8 Å². The standard InChI is InChI=1S/C11H12Cl2N2/c1-6(14)5-8-7-3-2-4-9(12)10(7)15-11(8)13/h2-4,6,15H,5,14H2,1H3.